The van der Waals surface area contributed by atoms with Gasteiger partial charge in [-0.2, -0.15) is 0 Å². The molecule has 0 aliphatic heterocycles. The normalized spacial score (nSPS) is 26.5. The van der Waals surface area contributed by atoms with Crippen LogP contribution in [0.15, 0.2) is 21.7 Å². The van der Waals surface area contributed by atoms with Gasteiger partial charge in [0.1, 0.15) is 4.21 Å². The molecule has 5 heteroatoms. The van der Waals surface area contributed by atoms with Crippen molar-refractivity contribution in [2.24, 2.45) is 0 Å². The fourth-order valence-electron chi connectivity index (χ4n) is 2.73. The molecule has 1 N–H and O–H groups in total. The minimum absolute atomic E-state index is 0.0948. The first-order valence-electron chi connectivity index (χ1n) is 6.61. The topological polar surface area (TPSA) is 46.2 Å². The van der Waals surface area contributed by atoms with Crippen molar-refractivity contribution in [3.63, 3.8) is 0 Å². The molecule has 1 aromatic rings. The van der Waals surface area contributed by atoms with Gasteiger partial charge in [0, 0.05) is 6.04 Å². The first-order valence-corrected chi connectivity index (χ1v) is 9.03. The molecule has 102 valence electrons. The van der Waals surface area contributed by atoms with Gasteiger partial charge in [0.15, 0.2) is 9.84 Å². The minimum atomic E-state index is -3.16. The van der Waals surface area contributed by atoms with Crippen LogP contribution in [-0.4, -0.2) is 26.8 Å². The van der Waals surface area contributed by atoms with Gasteiger partial charge in [0.25, 0.3) is 0 Å². The van der Waals surface area contributed by atoms with E-state index in [4.69, 9.17) is 0 Å². The van der Waals surface area contributed by atoms with Gasteiger partial charge in [0.2, 0.25) is 0 Å². The highest BCUT2D eigenvalue weighted by atomic mass is 32.2. The summed E-state index contributed by atoms with van der Waals surface area (Å²) in [5.74, 6) is 0. The van der Waals surface area contributed by atoms with Crippen molar-refractivity contribution in [3.8, 4) is 0 Å². The molecule has 1 heterocycles. The van der Waals surface area contributed by atoms with Gasteiger partial charge >= 0.3 is 0 Å². The zero-order chi connectivity index (χ0) is 13.0. The maximum atomic E-state index is 12.7. The average Bonchev–Trinajstić information content (AvgIpc) is 2.82. The first-order chi connectivity index (χ1) is 8.66. The predicted octanol–water partition coefficient (Wildman–Crippen LogP) is 2.83. The molecule has 2 unspecified atom stereocenters. The summed E-state index contributed by atoms with van der Waals surface area (Å²) in [5, 5.41) is 4.79. The van der Waals surface area contributed by atoms with Crippen LogP contribution in [-0.2, 0) is 9.84 Å². The van der Waals surface area contributed by atoms with Crippen LogP contribution in [0.4, 0.5) is 0 Å². The zero-order valence-corrected chi connectivity index (χ0v) is 12.4. The molecule has 1 fully saturated rings. The molecule has 0 radical (unpaired) electrons. The molecule has 2 atom stereocenters. The number of hydrogen-bond donors (Lipinski definition) is 1. The molecule has 0 bridgehead atoms. The molecule has 0 saturated heterocycles. The van der Waals surface area contributed by atoms with Gasteiger partial charge in [-0.3, -0.25) is 0 Å². The second-order valence-electron chi connectivity index (χ2n) is 4.90. The number of sulfone groups is 1. The Kier molecular flexibility index (Phi) is 4.81. The van der Waals surface area contributed by atoms with Crippen LogP contribution in [0.25, 0.3) is 0 Å². The SMILES string of the molecule is CNC1CCCCCCC1S(=O)(=O)c1cccs1. The van der Waals surface area contributed by atoms with Crippen LogP contribution in [0, 0.1) is 0 Å². The van der Waals surface area contributed by atoms with Gasteiger partial charge < -0.3 is 5.32 Å². The van der Waals surface area contributed by atoms with E-state index in [-0.39, 0.29) is 11.3 Å². The van der Waals surface area contributed by atoms with Gasteiger partial charge in [-0.25, -0.2) is 8.42 Å². The van der Waals surface area contributed by atoms with Crippen LogP contribution in [0.2, 0.25) is 0 Å². The van der Waals surface area contributed by atoms with Gasteiger partial charge in [-0.15, -0.1) is 11.3 Å². The fraction of sp³-hybridized carbons (Fsp3) is 0.692. The molecular formula is C13H21NO2S2. The monoisotopic (exact) mass is 287 g/mol. The number of hydrogen-bond acceptors (Lipinski definition) is 4. The summed E-state index contributed by atoms with van der Waals surface area (Å²) >= 11 is 1.33. The Morgan fingerprint density at radius 3 is 2.56 bits per heavy atom. The Labute approximate surface area is 114 Å². The largest absolute Gasteiger partial charge is 0.316 e. The number of thiophene rings is 1. The molecule has 2 rings (SSSR count). The molecular weight excluding hydrogens is 266 g/mol. The smallest absolute Gasteiger partial charge is 0.192 e. The molecule has 3 nitrogen and oxygen atoms in total. The maximum Gasteiger partial charge on any atom is 0.192 e. The standard InChI is InChI=1S/C13H21NO2S2/c1-14-11-7-4-2-3-5-8-12(11)18(15,16)13-9-6-10-17-13/h6,9-12,14H,2-5,7-8H2,1H3. The van der Waals surface area contributed by atoms with E-state index in [1.165, 1.54) is 17.8 Å². The predicted molar refractivity (Wildman–Crippen MR) is 75.8 cm³/mol. The van der Waals surface area contributed by atoms with E-state index in [1.807, 2.05) is 18.5 Å². The number of rotatable bonds is 3. The van der Waals surface area contributed by atoms with Crippen LogP contribution in [0.1, 0.15) is 38.5 Å². The van der Waals surface area contributed by atoms with E-state index in [9.17, 15) is 8.42 Å². The van der Waals surface area contributed by atoms with E-state index >= 15 is 0 Å². The van der Waals surface area contributed by atoms with E-state index in [1.54, 1.807) is 6.07 Å². The van der Waals surface area contributed by atoms with Crippen molar-refractivity contribution >= 4 is 21.2 Å². The second kappa shape index (κ2) is 6.17. The molecule has 1 aromatic heterocycles. The third-order valence-corrected chi connectivity index (χ3v) is 7.45. The summed E-state index contributed by atoms with van der Waals surface area (Å²) in [7, 11) is -1.29. The highest BCUT2D eigenvalue weighted by Crippen LogP contribution is 2.29. The molecule has 18 heavy (non-hydrogen) atoms. The van der Waals surface area contributed by atoms with E-state index < -0.39 is 9.84 Å². The molecule has 1 saturated carbocycles. The summed E-state index contributed by atoms with van der Waals surface area (Å²) in [6.45, 7) is 0. The van der Waals surface area contributed by atoms with Crippen molar-refractivity contribution in [3.05, 3.63) is 17.5 Å². The highest BCUT2D eigenvalue weighted by Gasteiger charge is 2.34. The lowest BCUT2D eigenvalue weighted by molar-refractivity contribution is 0.405. The van der Waals surface area contributed by atoms with Crippen LogP contribution in [0.5, 0.6) is 0 Å². The van der Waals surface area contributed by atoms with Crippen molar-refractivity contribution in [1.82, 2.24) is 5.32 Å². The lowest BCUT2D eigenvalue weighted by Crippen LogP contribution is -2.43. The molecule has 1 aliphatic carbocycles. The van der Waals surface area contributed by atoms with Gasteiger partial charge in [-0.1, -0.05) is 31.7 Å². The van der Waals surface area contributed by atoms with Crippen molar-refractivity contribution < 1.29 is 8.42 Å². The summed E-state index contributed by atoms with van der Waals surface area (Å²) in [5.41, 5.74) is 0. The zero-order valence-electron chi connectivity index (χ0n) is 10.8. The van der Waals surface area contributed by atoms with Gasteiger partial charge in [0.05, 0.1) is 5.25 Å². The highest BCUT2D eigenvalue weighted by molar-refractivity contribution is 7.94. The summed E-state index contributed by atoms with van der Waals surface area (Å²) in [6, 6.07) is 3.64. The van der Waals surface area contributed by atoms with Gasteiger partial charge in [-0.05, 0) is 31.3 Å². The Hall–Kier alpha value is -0.390. The van der Waals surface area contributed by atoms with Crippen molar-refractivity contribution in [2.45, 2.75) is 54.0 Å². The first kappa shape index (κ1) is 14.0. The van der Waals surface area contributed by atoms with Crippen LogP contribution < -0.4 is 5.32 Å². The quantitative estimate of drug-likeness (QED) is 0.930. The van der Waals surface area contributed by atoms with E-state index in [2.05, 4.69) is 5.32 Å². The summed E-state index contributed by atoms with van der Waals surface area (Å²) in [4.78, 5) is 0. The lowest BCUT2D eigenvalue weighted by Gasteiger charge is -2.28. The van der Waals surface area contributed by atoms with Crippen LogP contribution >= 0.6 is 11.3 Å². The van der Waals surface area contributed by atoms with E-state index in [0.717, 1.165) is 32.1 Å². The molecule has 0 spiro atoms. The van der Waals surface area contributed by atoms with Crippen LogP contribution in [0.3, 0.4) is 0 Å². The Morgan fingerprint density at radius 2 is 1.94 bits per heavy atom. The maximum absolute atomic E-state index is 12.7. The Balaban J connectivity index is 2.26. The molecule has 0 amide bonds. The van der Waals surface area contributed by atoms with Crippen molar-refractivity contribution in [2.75, 3.05) is 7.05 Å². The Bertz CT molecular complexity index is 453. The van der Waals surface area contributed by atoms with E-state index in [0.29, 0.717) is 4.21 Å². The molecule has 0 aromatic carbocycles. The molecule has 1 aliphatic rings. The summed E-state index contributed by atoms with van der Waals surface area (Å²) < 4.78 is 25.8. The number of nitrogens with one attached hydrogen (secondary N) is 1. The third-order valence-electron chi connectivity index (χ3n) is 3.75. The second-order valence-corrected chi connectivity index (χ2v) is 8.24. The van der Waals surface area contributed by atoms with Crippen molar-refractivity contribution in [1.29, 1.82) is 0 Å². The fourth-order valence-corrected chi connectivity index (χ4v) is 6.00. The lowest BCUT2D eigenvalue weighted by atomic mass is 9.96. The summed E-state index contributed by atoms with van der Waals surface area (Å²) in [6.07, 6.45) is 6.28. The average molecular weight is 287 g/mol. The Morgan fingerprint density at radius 1 is 1.22 bits per heavy atom. The minimum Gasteiger partial charge on any atom is -0.316 e. The third kappa shape index (κ3) is 2.95.